The van der Waals surface area contributed by atoms with Crippen molar-refractivity contribution in [3.05, 3.63) is 47.8 Å². The standard InChI is InChI=1S/C19H21N3O4/c1-24-17-18(21-8-7-20-17)26-15-6-9-22(11-15)19(23)16-10-13-4-2-3-5-14(13)12-25-16/h2-5,7-8,15-16H,6,9-12H2,1H3/t15-,16+/m0/s1. The summed E-state index contributed by atoms with van der Waals surface area (Å²) in [5.74, 6) is 0.735. The highest BCUT2D eigenvalue weighted by molar-refractivity contribution is 5.82. The molecule has 0 radical (unpaired) electrons. The van der Waals surface area contributed by atoms with Gasteiger partial charge in [0.15, 0.2) is 0 Å². The van der Waals surface area contributed by atoms with Gasteiger partial charge in [-0.1, -0.05) is 24.3 Å². The summed E-state index contributed by atoms with van der Waals surface area (Å²) >= 11 is 0. The average molecular weight is 355 g/mol. The molecule has 0 saturated carbocycles. The van der Waals surface area contributed by atoms with Crippen LogP contribution in [-0.2, 0) is 22.6 Å². The molecule has 1 amide bonds. The topological polar surface area (TPSA) is 73.8 Å². The van der Waals surface area contributed by atoms with E-state index in [0.717, 1.165) is 12.0 Å². The summed E-state index contributed by atoms with van der Waals surface area (Å²) in [5, 5.41) is 0. The number of amides is 1. The lowest BCUT2D eigenvalue weighted by atomic mass is 9.98. The molecule has 1 fully saturated rings. The maximum atomic E-state index is 12.8. The van der Waals surface area contributed by atoms with E-state index in [-0.39, 0.29) is 12.0 Å². The molecular formula is C19H21N3O4. The molecule has 0 N–H and O–H groups in total. The number of carbonyl (C=O) groups is 1. The van der Waals surface area contributed by atoms with Crippen molar-refractivity contribution in [2.24, 2.45) is 0 Å². The second-order valence-electron chi connectivity index (χ2n) is 6.46. The first kappa shape index (κ1) is 16.8. The summed E-state index contributed by atoms with van der Waals surface area (Å²) in [6.07, 6.45) is 3.93. The Morgan fingerprint density at radius 2 is 1.96 bits per heavy atom. The lowest BCUT2D eigenvalue weighted by molar-refractivity contribution is -0.144. The minimum Gasteiger partial charge on any atom is -0.477 e. The van der Waals surface area contributed by atoms with Crippen LogP contribution in [0.15, 0.2) is 36.7 Å². The van der Waals surface area contributed by atoms with Gasteiger partial charge in [-0.3, -0.25) is 4.79 Å². The minimum atomic E-state index is -0.422. The molecule has 0 spiro atoms. The van der Waals surface area contributed by atoms with Crippen molar-refractivity contribution >= 4 is 5.91 Å². The van der Waals surface area contributed by atoms with Gasteiger partial charge in [-0.2, -0.15) is 0 Å². The highest BCUT2D eigenvalue weighted by Gasteiger charge is 2.34. The molecule has 2 aromatic rings. The third kappa shape index (κ3) is 3.35. The van der Waals surface area contributed by atoms with Gasteiger partial charge in [-0.25, -0.2) is 9.97 Å². The molecular weight excluding hydrogens is 334 g/mol. The molecule has 136 valence electrons. The van der Waals surface area contributed by atoms with Crippen LogP contribution in [0.5, 0.6) is 11.8 Å². The van der Waals surface area contributed by atoms with Crippen LogP contribution < -0.4 is 9.47 Å². The number of likely N-dealkylation sites (tertiary alicyclic amines) is 1. The van der Waals surface area contributed by atoms with E-state index in [2.05, 4.69) is 16.0 Å². The van der Waals surface area contributed by atoms with Crippen molar-refractivity contribution in [1.29, 1.82) is 0 Å². The Balaban J connectivity index is 1.37. The van der Waals surface area contributed by atoms with Gasteiger partial charge in [-0.05, 0) is 11.1 Å². The van der Waals surface area contributed by atoms with Gasteiger partial charge in [0, 0.05) is 31.8 Å². The van der Waals surface area contributed by atoms with Gasteiger partial charge in [0.25, 0.3) is 17.7 Å². The molecule has 3 heterocycles. The van der Waals surface area contributed by atoms with Crippen LogP contribution >= 0.6 is 0 Å². The number of nitrogens with zero attached hydrogens (tertiary/aromatic N) is 3. The van der Waals surface area contributed by atoms with E-state index in [4.69, 9.17) is 14.2 Å². The summed E-state index contributed by atoms with van der Waals surface area (Å²) in [6, 6.07) is 8.10. The first-order chi connectivity index (χ1) is 12.7. The molecule has 0 unspecified atom stereocenters. The zero-order valence-electron chi connectivity index (χ0n) is 14.6. The van der Waals surface area contributed by atoms with Crippen molar-refractivity contribution in [3.8, 4) is 11.8 Å². The molecule has 0 aliphatic carbocycles. The van der Waals surface area contributed by atoms with E-state index in [1.165, 1.54) is 12.7 Å². The highest BCUT2D eigenvalue weighted by Crippen LogP contribution is 2.26. The molecule has 2 aliphatic rings. The van der Waals surface area contributed by atoms with Crippen molar-refractivity contribution in [2.75, 3.05) is 20.2 Å². The van der Waals surface area contributed by atoms with Gasteiger partial charge in [0.05, 0.1) is 20.3 Å². The Kier molecular flexibility index (Phi) is 4.71. The monoisotopic (exact) mass is 355 g/mol. The smallest absolute Gasteiger partial charge is 0.278 e. The predicted molar refractivity (Wildman–Crippen MR) is 92.9 cm³/mol. The first-order valence-electron chi connectivity index (χ1n) is 8.73. The first-order valence-corrected chi connectivity index (χ1v) is 8.73. The molecule has 7 heteroatoms. The molecule has 4 rings (SSSR count). The van der Waals surface area contributed by atoms with Crippen LogP contribution in [0.4, 0.5) is 0 Å². The lowest BCUT2D eigenvalue weighted by Gasteiger charge is -2.28. The van der Waals surface area contributed by atoms with E-state index >= 15 is 0 Å². The Hall–Kier alpha value is -2.67. The third-order valence-corrected chi connectivity index (χ3v) is 4.80. The van der Waals surface area contributed by atoms with Gasteiger partial charge < -0.3 is 19.1 Å². The van der Waals surface area contributed by atoms with E-state index in [1.807, 2.05) is 23.1 Å². The maximum absolute atomic E-state index is 12.8. The fraction of sp³-hybridized carbons (Fsp3) is 0.421. The molecule has 1 aromatic heterocycles. The van der Waals surface area contributed by atoms with Crippen molar-refractivity contribution < 1.29 is 19.0 Å². The summed E-state index contributed by atoms with van der Waals surface area (Å²) in [6.45, 7) is 1.64. The quantitative estimate of drug-likeness (QED) is 0.830. The van der Waals surface area contributed by atoms with E-state index in [9.17, 15) is 4.79 Å². The number of benzene rings is 1. The number of hydrogen-bond donors (Lipinski definition) is 0. The number of rotatable bonds is 4. The van der Waals surface area contributed by atoms with Crippen LogP contribution in [-0.4, -0.2) is 53.2 Å². The second kappa shape index (κ2) is 7.29. The fourth-order valence-corrected chi connectivity index (χ4v) is 3.42. The summed E-state index contributed by atoms with van der Waals surface area (Å²) < 4.78 is 16.8. The normalized spacial score (nSPS) is 22.0. The van der Waals surface area contributed by atoms with Gasteiger partial charge >= 0.3 is 0 Å². The number of fused-ring (bicyclic) bond motifs is 1. The number of aromatic nitrogens is 2. The SMILES string of the molecule is COc1nccnc1O[C@H]1CCN(C(=O)[C@H]2Cc3ccccc3CO2)C1. The molecule has 1 aromatic carbocycles. The van der Waals surface area contributed by atoms with Crippen LogP contribution in [0, 0.1) is 0 Å². The number of hydrogen-bond acceptors (Lipinski definition) is 6. The van der Waals surface area contributed by atoms with Crippen molar-refractivity contribution in [1.82, 2.24) is 14.9 Å². The molecule has 0 bridgehead atoms. The lowest BCUT2D eigenvalue weighted by Crippen LogP contribution is -2.42. The molecule has 2 atom stereocenters. The van der Waals surface area contributed by atoms with Crippen molar-refractivity contribution in [2.45, 2.75) is 31.7 Å². The minimum absolute atomic E-state index is 0.0247. The zero-order chi connectivity index (χ0) is 17.9. The number of methoxy groups -OCH3 is 1. The Bertz CT molecular complexity index is 798. The molecule has 1 saturated heterocycles. The van der Waals surface area contributed by atoms with Gasteiger partial charge in [0.2, 0.25) is 0 Å². The molecule has 2 aliphatic heterocycles. The second-order valence-corrected chi connectivity index (χ2v) is 6.46. The maximum Gasteiger partial charge on any atom is 0.278 e. The third-order valence-electron chi connectivity index (χ3n) is 4.80. The van der Waals surface area contributed by atoms with Gasteiger partial charge in [-0.15, -0.1) is 0 Å². The van der Waals surface area contributed by atoms with Crippen LogP contribution in [0.2, 0.25) is 0 Å². The van der Waals surface area contributed by atoms with Crippen molar-refractivity contribution in [3.63, 3.8) is 0 Å². The number of carbonyl (C=O) groups excluding carboxylic acids is 1. The van der Waals surface area contributed by atoms with Gasteiger partial charge in [0.1, 0.15) is 12.2 Å². The van der Waals surface area contributed by atoms with E-state index in [1.54, 1.807) is 12.4 Å². The summed E-state index contributed by atoms with van der Waals surface area (Å²) in [5.41, 5.74) is 2.35. The molecule has 7 nitrogen and oxygen atoms in total. The largest absolute Gasteiger partial charge is 0.477 e. The van der Waals surface area contributed by atoms with Crippen LogP contribution in [0.25, 0.3) is 0 Å². The van der Waals surface area contributed by atoms with E-state index in [0.29, 0.717) is 37.9 Å². The summed E-state index contributed by atoms with van der Waals surface area (Å²) in [4.78, 5) is 22.9. The predicted octanol–water partition coefficient (Wildman–Crippen LogP) is 1.61. The van der Waals surface area contributed by atoms with Crippen LogP contribution in [0.3, 0.4) is 0 Å². The van der Waals surface area contributed by atoms with Crippen LogP contribution in [0.1, 0.15) is 17.5 Å². The fourth-order valence-electron chi connectivity index (χ4n) is 3.42. The Morgan fingerprint density at radius 1 is 1.19 bits per heavy atom. The Labute approximate surface area is 151 Å². The number of ether oxygens (including phenoxy) is 3. The molecule has 26 heavy (non-hydrogen) atoms. The zero-order valence-corrected chi connectivity index (χ0v) is 14.6. The average Bonchev–Trinajstić information content (AvgIpc) is 3.16. The highest BCUT2D eigenvalue weighted by atomic mass is 16.5. The summed E-state index contributed by atoms with van der Waals surface area (Å²) in [7, 11) is 1.53. The van der Waals surface area contributed by atoms with E-state index < -0.39 is 6.10 Å². The Morgan fingerprint density at radius 3 is 2.77 bits per heavy atom.